The van der Waals surface area contributed by atoms with Gasteiger partial charge in [-0.15, -0.1) is 0 Å². The van der Waals surface area contributed by atoms with Crippen LogP contribution >= 0.6 is 0 Å². The van der Waals surface area contributed by atoms with Crippen LogP contribution in [0.5, 0.6) is 0 Å². The minimum atomic E-state index is -0.00734. The van der Waals surface area contributed by atoms with Gasteiger partial charge in [0, 0.05) is 6.54 Å². The monoisotopic (exact) mass is 216 g/mol. The molecule has 0 aromatic rings. The molecule has 0 aliphatic heterocycles. The number of hydrogen-bond donors (Lipinski definition) is 1. The zero-order chi connectivity index (χ0) is 11.7. The molecule has 0 aromatic carbocycles. The molecule has 0 spiro atoms. The topological polar surface area (TPSA) is 24.5 Å². The fourth-order valence-electron chi connectivity index (χ4n) is 1.23. The van der Waals surface area contributed by atoms with Crippen molar-refractivity contribution in [2.75, 3.05) is 40.3 Å². The Hall–Kier alpha value is -0.120. The van der Waals surface area contributed by atoms with Crippen molar-refractivity contribution in [1.82, 2.24) is 10.2 Å². The molecule has 0 atom stereocenters. The lowest BCUT2D eigenvalue weighted by Gasteiger charge is -2.19. The summed E-state index contributed by atoms with van der Waals surface area (Å²) in [4.78, 5) is 2.22. The fourth-order valence-corrected chi connectivity index (χ4v) is 1.23. The molecule has 0 aromatic heterocycles. The Balaban J connectivity index is 3.06. The molecule has 0 radical (unpaired) electrons. The second-order valence-corrected chi connectivity index (χ2v) is 5.22. The average Bonchev–Trinajstić information content (AvgIpc) is 2.07. The van der Waals surface area contributed by atoms with Crippen molar-refractivity contribution in [3.63, 3.8) is 0 Å². The highest BCUT2D eigenvalue weighted by Gasteiger charge is 2.08. The maximum Gasteiger partial charge on any atom is 0.0599 e. The first-order chi connectivity index (χ1) is 6.92. The maximum atomic E-state index is 5.60. The van der Waals surface area contributed by atoms with E-state index in [0.717, 1.165) is 19.7 Å². The minimum absolute atomic E-state index is 0.00734. The molecule has 1 N–H and O–H groups in total. The van der Waals surface area contributed by atoms with E-state index in [-0.39, 0.29) is 5.60 Å². The first kappa shape index (κ1) is 14.9. The Labute approximate surface area is 95.2 Å². The number of nitrogens with one attached hydrogen (secondary N) is 1. The first-order valence-electron chi connectivity index (χ1n) is 5.91. The molecule has 15 heavy (non-hydrogen) atoms. The highest BCUT2D eigenvalue weighted by atomic mass is 16.5. The number of ether oxygens (including phenoxy) is 1. The van der Waals surface area contributed by atoms with Gasteiger partial charge >= 0.3 is 0 Å². The zero-order valence-corrected chi connectivity index (χ0v) is 11.1. The fraction of sp³-hybridized carbons (Fsp3) is 1.00. The van der Waals surface area contributed by atoms with E-state index in [1.807, 2.05) is 0 Å². The normalized spacial score (nSPS) is 12.4. The summed E-state index contributed by atoms with van der Waals surface area (Å²) in [6.45, 7) is 10.3. The van der Waals surface area contributed by atoms with Gasteiger partial charge in [0.25, 0.3) is 0 Å². The average molecular weight is 216 g/mol. The molecule has 0 fully saturated rings. The smallest absolute Gasteiger partial charge is 0.0599 e. The molecule has 0 saturated heterocycles. The van der Waals surface area contributed by atoms with Gasteiger partial charge in [-0.25, -0.2) is 0 Å². The van der Waals surface area contributed by atoms with E-state index in [9.17, 15) is 0 Å². The van der Waals surface area contributed by atoms with Gasteiger partial charge in [0.1, 0.15) is 0 Å². The van der Waals surface area contributed by atoms with Crippen LogP contribution in [-0.2, 0) is 4.74 Å². The molecule has 0 heterocycles. The Morgan fingerprint density at radius 3 is 2.27 bits per heavy atom. The standard InChI is InChI=1S/C12H28N2O/c1-12(2,3)15-11-9-13-8-6-7-10-14(4)5/h13H,6-11H2,1-5H3. The predicted molar refractivity (Wildman–Crippen MR) is 66.4 cm³/mol. The zero-order valence-electron chi connectivity index (χ0n) is 11.1. The van der Waals surface area contributed by atoms with Gasteiger partial charge in [-0.3, -0.25) is 0 Å². The van der Waals surface area contributed by atoms with Crippen LogP contribution in [0.2, 0.25) is 0 Å². The van der Waals surface area contributed by atoms with E-state index in [1.165, 1.54) is 19.4 Å². The van der Waals surface area contributed by atoms with Crippen LogP contribution in [-0.4, -0.2) is 50.8 Å². The van der Waals surface area contributed by atoms with Gasteiger partial charge in [0.05, 0.1) is 12.2 Å². The Kier molecular flexibility index (Phi) is 8.02. The molecular weight excluding hydrogens is 188 g/mol. The lowest BCUT2D eigenvalue weighted by Crippen LogP contribution is -2.27. The Bertz CT molecular complexity index is 141. The van der Waals surface area contributed by atoms with Crippen LogP contribution in [0.4, 0.5) is 0 Å². The molecule has 3 heteroatoms. The van der Waals surface area contributed by atoms with Crippen LogP contribution in [0.1, 0.15) is 33.6 Å². The summed E-state index contributed by atoms with van der Waals surface area (Å²) in [6, 6.07) is 0. The van der Waals surface area contributed by atoms with Crippen molar-refractivity contribution in [1.29, 1.82) is 0 Å². The lowest BCUT2D eigenvalue weighted by molar-refractivity contribution is -0.000762. The van der Waals surface area contributed by atoms with Gasteiger partial charge in [0.15, 0.2) is 0 Å². The highest BCUT2D eigenvalue weighted by molar-refractivity contribution is 4.59. The quantitative estimate of drug-likeness (QED) is 0.625. The van der Waals surface area contributed by atoms with Gasteiger partial charge in [-0.1, -0.05) is 0 Å². The third-order valence-corrected chi connectivity index (χ3v) is 2.02. The van der Waals surface area contributed by atoms with Crippen LogP contribution in [0.3, 0.4) is 0 Å². The van der Waals surface area contributed by atoms with Crippen LogP contribution in [0.15, 0.2) is 0 Å². The van der Waals surface area contributed by atoms with Gasteiger partial charge in [-0.05, 0) is 60.8 Å². The molecule has 0 saturated carbocycles. The van der Waals surface area contributed by atoms with Crippen molar-refractivity contribution in [2.45, 2.75) is 39.2 Å². The molecule has 0 unspecified atom stereocenters. The predicted octanol–water partition coefficient (Wildman–Crippen LogP) is 1.73. The van der Waals surface area contributed by atoms with E-state index >= 15 is 0 Å². The molecule has 0 bridgehead atoms. The molecule has 0 aliphatic carbocycles. The van der Waals surface area contributed by atoms with Crippen LogP contribution in [0.25, 0.3) is 0 Å². The number of unbranched alkanes of at least 4 members (excludes halogenated alkanes) is 1. The van der Waals surface area contributed by atoms with E-state index in [0.29, 0.717) is 0 Å². The Morgan fingerprint density at radius 1 is 1.07 bits per heavy atom. The summed E-state index contributed by atoms with van der Waals surface area (Å²) in [5, 5.41) is 3.39. The first-order valence-corrected chi connectivity index (χ1v) is 5.91. The summed E-state index contributed by atoms with van der Waals surface area (Å²) in [7, 11) is 4.23. The molecule has 3 nitrogen and oxygen atoms in total. The second kappa shape index (κ2) is 8.08. The van der Waals surface area contributed by atoms with Crippen molar-refractivity contribution in [3.8, 4) is 0 Å². The summed E-state index contributed by atoms with van der Waals surface area (Å²) in [5.74, 6) is 0. The second-order valence-electron chi connectivity index (χ2n) is 5.22. The molecule has 0 amide bonds. The summed E-state index contributed by atoms with van der Waals surface area (Å²) < 4.78 is 5.60. The van der Waals surface area contributed by atoms with Gasteiger partial charge in [0.2, 0.25) is 0 Å². The molecule has 0 rings (SSSR count). The largest absolute Gasteiger partial charge is 0.375 e. The third-order valence-electron chi connectivity index (χ3n) is 2.02. The minimum Gasteiger partial charge on any atom is -0.375 e. The maximum absolute atomic E-state index is 5.60. The number of hydrogen-bond acceptors (Lipinski definition) is 3. The summed E-state index contributed by atoms with van der Waals surface area (Å²) in [5.41, 5.74) is -0.00734. The van der Waals surface area contributed by atoms with E-state index in [2.05, 4.69) is 45.1 Å². The SMILES string of the molecule is CN(C)CCCCNCCOC(C)(C)C. The highest BCUT2D eigenvalue weighted by Crippen LogP contribution is 2.04. The van der Waals surface area contributed by atoms with Crippen molar-refractivity contribution < 1.29 is 4.74 Å². The van der Waals surface area contributed by atoms with E-state index in [4.69, 9.17) is 4.74 Å². The third kappa shape index (κ3) is 13.9. The molecule has 92 valence electrons. The van der Waals surface area contributed by atoms with Crippen molar-refractivity contribution in [2.24, 2.45) is 0 Å². The lowest BCUT2D eigenvalue weighted by atomic mass is 10.2. The van der Waals surface area contributed by atoms with Crippen molar-refractivity contribution >= 4 is 0 Å². The van der Waals surface area contributed by atoms with Crippen LogP contribution < -0.4 is 5.32 Å². The van der Waals surface area contributed by atoms with Gasteiger partial charge < -0.3 is 15.0 Å². The Morgan fingerprint density at radius 2 is 1.73 bits per heavy atom. The van der Waals surface area contributed by atoms with Crippen molar-refractivity contribution in [3.05, 3.63) is 0 Å². The summed E-state index contributed by atoms with van der Waals surface area (Å²) in [6.07, 6.45) is 2.51. The molecule has 0 aliphatic rings. The van der Waals surface area contributed by atoms with Gasteiger partial charge in [-0.2, -0.15) is 0 Å². The molecular formula is C12H28N2O. The van der Waals surface area contributed by atoms with Crippen LogP contribution in [0, 0.1) is 0 Å². The number of nitrogens with zero attached hydrogens (tertiary/aromatic N) is 1. The van der Waals surface area contributed by atoms with E-state index < -0.39 is 0 Å². The summed E-state index contributed by atoms with van der Waals surface area (Å²) >= 11 is 0. The number of rotatable bonds is 8. The van der Waals surface area contributed by atoms with E-state index in [1.54, 1.807) is 0 Å².